The van der Waals surface area contributed by atoms with Crippen LogP contribution < -0.4 is 4.72 Å². The van der Waals surface area contributed by atoms with Crippen LogP contribution in [-0.2, 0) is 10.0 Å². The molecule has 2 aromatic heterocycles. The summed E-state index contributed by atoms with van der Waals surface area (Å²) in [6.07, 6.45) is 3.84. The van der Waals surface area contributed by atoms with Gasteiger partial charge in [0.2, 0.25) is 0 Å². The Balaban J connectivity index is 1.67. The van der Waals surface area contributed by atoms with E-state index in [0.29, 0.717) is 10.7 Å². The van der Waals surface area contributed by atoms with Crippen LogP contribution >= 0.6 is 11.6 Å². The van der Waals surface area contributed by atoms with Crippen molar-refractivity contribution in [2.75, 3.05) is 4.72 Å². The molecule has 4 rings (SSSR count). The smallest absolute Gasteiger partial charge is 0.265 e. The van der Waals surface area contributed by atoms with Crippen molar-refractivity contribution in [1.29, 1.82) is 0 Å². The normalized spacial score (nSPS) is 11.8. The number of H-pyrrole nitrogens is 1. The van der Waals surface area contributed by atoms with Gasteiger partial charge >= 0.3 is 0 Å². The summed E-state index contributed by atoms with van der Waals surface area (Å²) in [6, 6.07) is 8.58. The molecule has 4 aromatic rings. The number of aromatic nitrogens is 3. The lowest BCUT2D eigenvalue weighted by Crippen LogP contribution is -2.12. The number of halogens is 3. The van der Waals surface area contributed by atoms with Gasteiger partial charge in [0.15, 0.2) is 11.6 Å². The first kappa shape index (κ1) is 17.5. The summed E-state index contributed by atoms with van der Waals surface area (Å²) in [4.78, 5) is 2.61. The zero-order valence-electron chi connectivity index (χ0n) is 13.4. The molecule has 0 spiro atoms. The molecule has 0 radical (unpaired) electrons. The molecule has 2 N–H and O–H groups in total. The van der Waals surface area contributed by atoms with Crippen LogP contribution in [0.2, 0.25) is 5.02 Å². The Kier molecular flexibility index (Phi) is 4.12. The van der Waals surface area contributed by atoms with Crippen molar-refractivity contribution in [3.05, 3.63) is 71.6 Å². The van der Waals surface area contributed by atoms with E-state index in [0.717, 1.165) is 12.1 Å². The van der Waals surface area contributed by atoms with Crippen LogP contribution in [0.4, 0.5) is 14.5 Å². The molecule has 10 heteroatoms. The molecule has 138 valence electrons. The maximum absolute atomic E-state index is 13.5. The molecule has 27 heavy (non-hydrogen) atoms. The van der Waals surface area contributed by atoms with Crippen LogP contribution in [0, 0.1) is 11.6 Å². The number of sulfonamides is 1. The lowest BCUT2D eigenvalue weighted by atomic mass is 10.2. The average Bonchev–Trinajstić information content (AvgIpc) is 3.25. The molecular weight excluding hydrogens is 398 g/mol. The van der Waals surface area contributed by atoms with E-state index < -0.39 is 21.7 Å². The van der Waals surface area contributed by atoms with Crippen molar-refractivity contribution in [1.82, 2.24) is 14.8 Å². The number of rotatable bonds is 4. The van der Waals surface area contributed by atoms with Crippen molar-refractivity contribution >= 4 is 38.2 Å². The number of anilines is 1. The zero-order valence-corrected chi connectivity index (χ0v) is 15.0. The molecule has 0 unspecified atom stereocenters. The van der Waals surface area contributed by atoms with Crippen LogP contribution in [0.15, 0.2) is 59.9 Å². The molecule has 0 atom stereocenters. The van der Waals surface area contributed by atoms with E-state index in [9.17, 15) is 17.2 Å². The predicted molar refractivity (Wildman–Crippen MR) is 97.6 cm³/mol. The van der Waals surface area contributed by atoms with Crippen molar-refractivity contribution in [2.45, 2.75) is 4.90 Å². The van der Waals surface area contributed by atoms with Gasteiger partial charge in [0.25, 0.3) is 10.0 Å². The van der Waals surface area contributed by atoms with Gasteiger partial charge in [-0.3, -0.25) is 4.72 Å². The number of fused-ring (bicyclic) bond motifs is 1. The Bertz CT molecular complexity index is 1250. The molecule has 0 aliphatic rings. The van der Waals surface area contributed by atoms with E-state index in [4.69, 9.17) is 11.6 Å². The van der Waals surface area contributed by atoms with Gasteiger partial charge in [-0.25, -0.2) is 21.9 Å². The van der Waals surface area contributed by atoms with E-state index in [1.54, 1.807) is 24.3 Å². The minimum atomic E-state index is -3.99. The summed E-state index contributed by atoms with van der Waals surface area (Å²) in [6.45, 7) is 0. The van der Waals surface area contributed by atoms with Gasteiger partial charge in [-0.2, -0.15) is 5.10 Å². The minimum Gasteiger partial charge on any atom is -0.359 e. The quantitative estimate of drug-likeness (QED) is 0.534. The van der Waals surface area contributed by atoms with Gasteiger partial charge in [0, 0.05) is 22.7 Å². The molecule has 2 aromatic carbocycles. The van der Waals surface area contributed by atoms with Crippen LogP contribution in [0.5, 0.6) is 0 Å². The minimum absolute atomic E-state index is 0.0885. The summed E-state index contributed by atoms with van der Waals surface area (Å²) >= 11 is 5.84. The first-order valence-corrected chi connectivity index (χ1v) is 9.49. The third kappa shape index (κ3) is 3.26. The van der Waals surface area contributed by atoms with Gasteiger partial charge < -0.3 is 4.98 Å². The monoisotopic (exact) mass is 408 g/mol. The van der Waals surface area contributed by atoms with Crippen molar-refractivity contribution in [2.24, 2.45) is 0 Å². The van der Waals surface area contributed by atoms with Crippen LogP contribution in [0.3, 0.4) is 0 Å². The summed E-state index contributed by atoms with van der Waals surface area (Å²) in [5.41, 5.74) is 0.997. The second-order valence-corrected chi connectivity index (χ2v) is 7.84. The number of hydrogen-bond acceptors (Lipinski definition) is 3. The third-order valence-corrected chi connectivity index (χ3v) is 5.50. The zero-order chi connectivity index (χ0) is 19.2. The van der Waals surface area contributed by atoms with E-state index in [1.165, 1.54) is 23.3 Å². The molecule has 2 heterocycles. The van der Waals surface area contributed by atoms with Gasteiger partial charge in [0.05, 0.1) is 29.3 Å². The summed E-state index contributed by atoms with van der Waals surface area (Å²) in [5.74, 6) is -2.10. The average molecular weight is 409 g/mol. The number of benzene rings is 2. The lowest BCUT2D eigenvalue weighted by molar-refractivity contribution is 0.511. The highest BCUT2D eigenvalue weighted by atomic mass is 35.5. The fraction of sp³-hybridized carbons (Fsp3) is 0. The Morgan fingerprint density at radius 3 is 2.56 bits per heavy atom. The molecule has 0 saturated heterocycles. The molecule has 0 saturated carbocycles. The standard InChI is InChI=1S/C17H11ClF2N4O2S/c18-10-1-3-11(4-2-10)24-9-12(7-22-24)27(25,26)23-17-8-21-16-6-15(20)14(19)5-13(16)17/h1-9,21,23H. The van der Waals surface area contributed by atoms with E-state index in [1.807, 2.05) is 0 Å². The molecule has 0 aliphatic heterocycles. The van der Waals surface area contributed by atoms with Crippen LogP contribution in [-0.4, -0.2) is 23.2 Å². The third-order valence-electron chi connectivity index (χ3n) is 3.93. The Morgan fingerprint density at radius 2 is 1.81 bits per heavy atom. The van der Waals surface area contributed by atoms with Gasteiger partial charge in [-0.1, -0.05) is 11.6 Å². The second kappa shape index (κ2) is 6.36. The Hall–Kier alpha value is -2.91. The van der Waals surface area contributed by atoms with Crippen LogP contribution in [0.1, 0.15) is 0 Å². The van der Waals surface area contributed by atoms with E-state index in [2.05, 4.69) is 14.8 Å². The van der Waals surface area contributed by atoms with Crippen molar-refractivity contribution < 1.29 is 17.2 Å². The Morgan fingerprint density at radius 1 is 1.11 bits per heavy atom. The van der Waals surface area contributed by atoms with Crippen molar-refractivity contribution in [3.63, 3.8) is 0 Å². The summed E-state index contributed by atoms with van der Waals surface area (Å²) < 4.78 is 55.8. The predicted octanol–water partition coefficient (Wildman–Crippen LogP) is 4.09. The molecule has 6 nitrogen and oxygen atoms in total. The number of aromatic amines is 1. The molecule has 0 amide bonds. The fourth-order valence-electron chi connectivity index (χ4n) is 2.58. The SMILES string of the molecule is O=S(=O)(Nc1c[nH]c2cc(F)c(F)cc12)c1cnn(-c2ccc(Cl)cc2)c1. The highest BCUT2D eigenvalue weighted by Crippen LogP contribution is 2.27. The maximum Gasteiger partial charge on any atom is 0.265 e. The molecule has 0 bridgehead atoms. The van der Waals surface area contributed by atoms with Crippen molar-refractivity contribution in [3.8, 4) is 5.69 Å². The molecular formula is C17H11ClF2N4O2S. The lowest BCUT2D eigenvalue weighted by Gasteiger charge is -2.05. The largest absolute Gasteiger partial charge is 0.359 e. The highest BCUT2D eigenvalue weighted by molar-refractivity contribution is 7.92. The topological polar surface area (TPSA) is 79.8 Å². The maximum atomic E-state index is 13.5. The highest BCUT2D eigenvalue weighted by Gasteiger charge is 2.20. The first-order chi connectivity index (χ1) is 12.8. The molecule has 0 aliphatic carbocycles. The molecule has 0 fully saturated rings. The van der Waals surface area contributed by atoms with Crippen LogP contribution in [0.25, 0.3) is 16.6 Å². The summed E-state index contributed by atoms with van der Waals surface area (Å²) in [5, 5.41) is 4.79. The number of nitrogens with one attached hydrogen (secondary N) is 2. The first-order valence-electron chi connectivity index (χ1n) is 7.63. The summed E-state index contributed by atoms with van der Waals surface area (Å²) in [7, 11) is -3.99. The fourth-order valence-corrected chi connectivity index (χ4v) is 3.71. The van der Waals surface area contributed by atoms with E-state index >= 15 is 0 Å². The van der Waals surface area contributed by atoms with Gasteiger partial charge in [-0.15, -0.1) is 0 Å². The second-order valence-electron chi connectivity index (χ2n) is 5.72. The Labute approximate surface area is 157 Å². The van der Waals surface area contributed by atoms with Gasteiger partial charge in [0.1, 0.15) is 4.90 Å². The number of nitrogens with zero attached hydrogens (tertiary/aromatic N) is 2. The van der Waals surface area contributed by atoms with E-state index in [-0.39, 0.29) is 21.5 Å². The number of hydrogen-bond donors (Lipinski definition) is 2. The van der Waals surface area contributed by atoms with Gasteiger partial charge in [-0.05, 0) is 30.3 Å².